The minimum Gasteiger partial charge on any atom is -0.480 e. The Morgan fingerprint density at radius 2 is 2.25 bits per heavy atom. The molecule has 4 nitrogen and oxygen atoms in total. The van der Waals surface area contributed by atoms with E-state index in [1.807, 2.05) is 6.92 Å². The van der Waals surface area contributed by atoms with Crippen LogP contribution in [0, 0.1) is 0 Å². The van der Waals surface area contributed by atoms with Crippen molar-refractivity contribution in [2.24, 2.45) is 0 Å². The van der Waals surface area contributed by atoms with E-state index in [9.17, 15) is 4.79 Å². The van der Waals surface area contributed by atoms with Gasteiger partial charge in [-0.3, -0.25) is 9.69 Å². The maximum atomic E-state index is 10.3. The molecule has 1 N–H and O–H groups in total. The van der Waals surface area contributed by atoms with Gasteiger partial charge in [-0.2, -0.15) is 0 Å². The molecule has 0 rings (SSSR count). The second kappa shape index (κ2) is 5.97. The molecule has 0 aromatic carbocycles. The summed E-state index contributed by atoms with van der Waals surface area (Å²) in [6, 6.07) is 0. The predicted octanol–water partition coefficient (Wildman–Crippen LogP) is 0.428. The highest BCUT2D eigenvalue weighted by Crippen LogP contribution is 1.96. The molecule has 0 aliphatic carbocycles. The van der Waals surface area contributed by atoms with Gasteiger partial charge in [-0.15, -0.1) is 0 Å². The highest BCUT2D eigenvalue weighted by Gasteiger charge is 2.05. The molecule has 0 saturated carbocycles. The van der Waals surface area contributed by atoms with Gasteiger partial charge in [0.15, 0.2) is 0 Å². The molecule has 0 heterocycles. The van der Waals surface area contributed by atoms with E-state index < -0.39 is 5.97 Å². The van der Waals surface area contributed by atoms with Crippen molar-refractivity contribution in [3.8, 4) is 0 Å². The summed E-state index contributed by atoms with van der Waals surface area (Å²) in [5.41, 5.74) is 0. The Morgan fingerprint density at radius 3 is 2.67 bits per heavy atom. The fourth-order valence-electron chi connectivity index (χ4n) is 0.830. The van der Waals surface area contributed by atoms with Gasteiger partial charge in [-0.25, -0.2) is 0 Å². The second-order valence-electron chi connectivity index (χ2n) is 2.97. The number of carboxylic acids is 1. The summed E-state index contributed by atoms with van der Waals surface area (Å²) >= 11 is 0. The minimum atomic E-state index is -0.789. The van der Waals surface area contributed by atoms with Crippen molar-refractivity contribution in [3.63, 3.8) is 0 Å². The summed E-state index contributed by atoms with van der Waals surface area (Å²) in [6.45, 7) is 2.81. The van der Waals surface area contributed by atoms with Gasteiger partial charge in [0.05, 0.1) is 12.6 Å². The number of likely N-dealkylation sites (N-methyl/N-ethyl adjacent to an activating group) is 1. The van der Waals surface area contributed by atoms with Crippen molar-refractivity contribution in [1.29, 1.82) is 0 Å². The maximum absolute atomic E-state index is 10.3. The van der Waals surface area contributed by atoms with Crippen LogP contribution in [-0.2, 0) is 9.53 Å². The van der Waals surface area contributed by atoms with Crippen molar-refractivity contribution in [2.75, 3.05) is 27.2 Å². The van der Waals surface area contributed by atoms with E-state index in [1.165, 1.54) is 0 Å². The van der Waals surface area contributed by atoms with E-state index >= 15 is 0 Å². The zero-order valence-electron chi connectivity index (χ0n) is 7.91. The smallest absolute Gasteiger partial charge is 0.317 e. The summed E-state index contributed by atoms with van der Waals surface area (Å²) in [4.78, 5) is 12.0. The van der Waals surface area contributed by atoms with Crippen molar-refractivity contribution in [2.45, 2.75) is 19.4 Å². The number of rotatable bonds is 6. The topological polar surface area (TPSA) is 49.8 Å². The first-order valence-corrected chi connectivity index (χ1v) is 3.99. The molecule has 0 spiro atoms. The van der Waals surface area contributed by atoms with Crippen molar-refractivity contribution in [1.82, 2.24) is 4.90 Å². The molecular weight excluding hydrogens is 158 g/mol. The summed E-state index contributed by atoms with van der Waals surface area (Å²) < 4.78 is 5.03. The van der Waals surface area contributed by atoms with Gasteiger partial charge in [0, 0.05) is 13.7 Å². The van der Waals surface area contributed by atoms with Crippen LogP contribution >= 0.6 is 0 Å². The number of methoxy groups -OCH3 is 1. The molecule has 0 radical (unpaired) electrons. The van der Waals surface area contributed by atoms with Crippen LogP contribution in [0.25, 0.3) is 0 Å². The zero-order chi connectivity index (χ0) is 9.56. The van der Waals surface area contributed by atoms with Crippen LogP contribution in [0.1, 0.15) is 13.3 Å². The average molecular weight is 175 g/mol. The molecule has 4 heteroatoms. The molecule has 12 heavy (non-hydrogen) atoms. The molecule has 72 valence electrons. The van der Waals surface area contributed by atoms with Crippen molar-refractivity contribution >= 4 is 5.97 Å². The van der Waals surface area contributed by atoms with Crippen LogP contribution in [0.4, 0.5) is 0 Å². The SMILES string of the molecule is COC(C)CCN(C)CC(=O)O. The number of hydrogen-bond donors (Lipinski definition) is 1. The molecule has 0 bridgehead atoms. The van der Waals surface area contributed by atoms with Gasteiger partial charge < -0.3 is 9.84 Å². The first-order chi connectivity index (χ1) is 5.56. The maximum Gasteiger partial charge on any atom is 0.317 e. The number of nitrogens with zero attached hydrogens (tertiary/aromatic N) is 1. The van der Waals surface area contributed by atoms with Gasteiger partial charge in [0.25, 0.3) is 0 Å². The lowest BCUT2D eigenvalue weighted by Crippen LogP contribution is -2.28. The quantitative estimate of drug-likeness (QED) is 0.636. The van der Waals surface area contributed by atoms with Gasteiger partial charge >= 0.3 is 5.97 Å². The van der Waals surface area contributed by atoms with Crippen molar-refractivity contribution < 1.29 is 14.6 Å². The van der Waals surface area contributed by atoms with Gasteiger partial charge in [0.1, 0.15) is 0 Å². The number of aliphatic carboxylic acids is 1. The molecule has 0 fully saturated rings. The Balaban J connectivity index is 3.43. The number of carboxylic acid groups (broad SMARTS) is 1. The third-order valence-corrected chi connectivity index (χ3v) is 1.72. The summed E-state index contributed by atoms with van der Waals surface area (Å²) in [6.07, 6.45) is 1.06. The molecule has 0 saturated heterocycles. The molecule has 1 unspecified atom stereocenters. The van der Waals surface area contributed by atoms with Crippen molar-refractivity contribution in [3.05, 3.63) is 0 Å². The van der Waals surface area contributed by atoms with Crippen LogP contribution < -0.4 is 0 Å². The van der Waals surface area contributed by atoms with E-state index in [4.69, 9.17) is 9.84 Å². The Hall–Kier alpha value is -0.610. The molecule has 0 aromatic heterocycles. The van der Waals surface area contributed by atoms with Gasteiger partial charge in [0.2, 0.25) is 0 Å². The number of carbonyl (C=O) groups is 1. The van der Waals surface area contributed by atoms with Crippen LogP contribution in [0.2, 0.25) is 0 Å². The molecule has 0 aromatic rings. The first kappa shape index (κ1) is 11.4. The van der Waals surface area contributed by atoms with E-state index in [0.29, 0.717) is 0 Å². The van der Waals surface area contributed by atoms with Crippen LogP contribution in [-0.4, -0.2) is 49.3 Å². The second-order valence-corrected chi connectivity index (χ2v) is 2.97. The van der Waals surface area contributed by atoms with E-state index in [-0.39, 0.29) is 12.6 Å². The normalized spacial score (nSPS) is 13.3. The molecule has 0 aliphatic heterocycles. The lowest BCUT2D eigenvalue weighted by Gasteiger charge is -2.16. The fraction of sp³-hybridized carbons (Fsp3) is 0.875. The monoisotopic (exact) mass is 175 g/mol. The standard InChI is InChI=1S/C8H17NO3/c1-7(12-3)4-5-9(2)6-8(10)11/h7H,4-6H2,1-3H3,(H,10,11). The lowest BCUT2D eigenvalue weighted by atomic mass is 10.3. The Labute approximate surface area is 73.1 Å². The summed E-state index contributed by atoms with van der Waals surface area (Å²) in [5.74, 6) is -0.789. The van der Waals surface area contributed by atoms with Crippen LogP contribution in [0.15, 0.2) is 0 Å². The van der Waals surface area contributed by atoms with E-state index in [0.717, 1.165) is 13.0 Å². The van der Waals surface area contributed by atoms with Gasteiger partial charge in [-0.05, 0) is 20.4 Å². The van der Waals surface area contributed by atoms with Crippen LogP contribution in [0.5, 0.6) is 0 Å². The Kier molecular flexibility index (Phi) is 5.66. The molecular formula is C8H17NO3. The average Bonchev–Trinajstić information content (AvgIpc) is 1.99. The zero-order valence-corrected chi connectivity index (χ0v) is 7.91. The lowest BCUT2D eigenvalue weighted by molar-refractivity contribution is -0.138. The number of ether oxygens (including phenoxy) is 1. The number of hydrogen-bond acceptors (Lipinski definition) is 3. The first-order valence-electron chi connectivity index (χ1n) is 3.99. The molecule has 1 atom stereocenters. The highest BCUT2D eigenvalue weighted by atomic mass is 16.5. The Morgan fingerprint density at radius 1 is 1.67 bits per heavy atom. The molecule has 0 aliphatic rings. The third-order valence-electron chi connectivity index (χ3n) is 1.72. The van der Waals surface area contributed by atoms with E-state index in [1.54, 1.807) is 19.1 Å². The highest BCUT2D eigenvalue weighted by molar-refractivity contribution is 5.68. The van der Waals surface area contributed by atoms with E-state index in [2.05, 4.69) is 0 Å². The third kappa shape index (κ3) is 6.12. The van der Waals surface area contributed by atoms with Gasteiger partial charge in [-0.1, -0.05) is 0 Å². The summed E-state index contributed by atoms with van der Waals surface area (Å²) in [7, 11) is 3.44. The Bertz CT molecular complexity index is 138. The summed E-state index contributed by atoms with van der Waals surface area (Å²) in [5, 5.41) is 8.43. The largest absolute Gasteiger partial charge is 0.480 e. The molecule has 0 amide bonds. The van der Waals surface area contributed by atoms with Crippen LogP contribution in [0.3, 0.4) is 0 Å². The predicted molar refractivity (Wildman–Crippen MR) is 46.2 cm³/mol. The minimum absolute atomic E-state index is 0.0937. The fourth-order valence-corrected chi connectivity index (χ4v) is 0.830.